The van der Waals surface area contributed by atoms with Crippen molar-refractivity contribution >= 4 is 17.9 Å². The molecule has 1 aromatic rings. The molecule has 1 aromatic heterocycles. The topological polar surface area (TPSA) is 34.9 Å². The van der Waals surface area contributed by atoms with E-state index >= 15 is 0 Å². The van der Waals surface area contributed by atoms with Crippen LogP contribution in [0.1, 0.15) is 55.7 Å². The van der Waals surface area contributed by atoms with Gasteiger partial charge in [0.25, 0.3) is 0 Å². The highest BCUT2D eigenvalue weighted by Crippen LogP contribution is 2.25. The molecule has 0 saturated carbocycles. The van der Waals surface area contributed by atoms with Gasteiger partial charge in [0, 0.05) is 0 Å². The Morgan fingerprint density at radius 2 is 2.00 bits per heavy atom. The zero-order chi connectivity index (χ0) is 11.4. The van der Waals surface area contributed by atoms with E-state index < -0.39 is 0 Å². The minimum atomic E-state index is 0.288. The smallest absolute Gasteiger partial charge is 0.155 e. The van der Waals surface area contributed by atoms with Gasteiger partial charge in [0.1, 0.15) is 5.15 Å². The molecule has 0 aliphatic carbocycles. The Kier molecular flexibility index (Phi) is 4.33. The maximum atomic E-state index is 10.9. The Morgan fingerprint density at radius 1 is 1.40 bits per heavy atom. The van der Waals surface area contributed by atoms with Gasteiger partial charge in [-0.1, -0.05) is 32.4 Å². The van der Waals surface area contributed by atoms with Crippen molar-refractivity contribution in [2.45, 2.75) is 46.1 Å². The lowest BCUT2D eigenvalue weighted by Gasteiger charge is -2.13. The van der Waals surface area contributed by atoms with Gasteiger partial charge in [-0.3, -0.25) is 4.79 Å². The summed E-state index contributed by atoms with van der Waals surface area (Å²) in [6, 6.07) is 0.288. The van der Waals surface area contributed by atoms with Crippen LogP contribution in [0.15, 0.2) is 0 Å². The predicted molar refractivity (Wildman–Crippen MR) is 61.6 cm³/mol. The zero-order valence-electron chi connectivity index (χ0n) is 9.46. The van der Waals surface area contributed by atoms with Crippen LogP contribution in [0, 0.1) is 0 Å². The third-order valence-electron chi connectivity index (χ3n) is 2.70. The summed E-state index contributed by atoms with van der Waals surface area (Å²) >= 11 is 6.13. The van der Waals surface area contributed by atoms with Crippen molar-refractivity contribution in [2.75, 3.05) is 0 Å². The van der Waals surface area contributed by atoms with Crippen LogP contribution < -0.4 is 0 Å². The van der Waals surface area contributed by atoms with Crippen molar-refractivity contribution in [2.24, 2.45) is 0 Å². The van der Waals surface area contributed by atoms with Crippen molar-refractivity contribution < 1.29 is 4.79 Å². The molecule has 0 saturated heterocycles. The molecular formula is C11H17ClN2O. The van der Waals surface area contributed by atoms with Gasteiger partial charge in [-0.15, -0.1) is 0 Å². The molecule has 0 atom stereocenters. The monoisotopic (exact) mass is 228 g/mol. The summed E-state index contributed by atoms with van der Waals surface area (Å²) in [4.78, 5) is 10.9. The molecule has 0 N–H and O–H groups in total. The summed E-state index contributed by atoms with van der Waals surface area (Å²) in [6.07, 6.45) is 3.48. The molecule has 0 amide bonds. The number of nitrogens with zero attached hydrogens (tertiary/aromatic N) is 2. The van der Waals surface area contributed by atoms with Gasteiger partial charge in [-0.25, -0.2) is 4.68 Å². The number of rotatable bonds is 5. The highest BCUT2D eigenvalue weighted by molar-refractivity contribution is 6.32. The van der Waals surface area contributed by atoms with E-state index in [-0.39, 0.29) is 6.04 Å². The summed E-state index contributed by atoms with van der Waals surface area (Å²) < 4.78 is 1.78. The van der Waals surface area contributed by atoms with Gasteiger partial charge in [-0.05, 0) is 19.3 Å². The Hall–Kier alpha value is -0.830. The number of carbonyl (C=O) groups is 1. The first-order valence-corrected chi connectivity index (χ1v) is 5.79. The maximum Gasteiger partial charge on any atom is 0.155 e. The second-order valence-corrected chi connectivity index (χ2v) is 3.90. The number of aryl methyl sites for hydroxylation is 1. The lowest BCUT2D eigenvalue weighted by atomic mass is 10.2. The molecule has 4 heteroatoms. The fourth-order valence-electron chi connectivity index (χ4n) is 1.72. The number of carbonyl (C=O) groups excluding carboxylic acids is 1. The molecule has 0 bridgehead atoms. The van der Waals surface area contributed by atoms with Crippen LogP contribution in [-0.4, -0.2) is 16.1 Å². The molecule has 3 nitrogen and oxygen atoms in total. The summed E-state index contributed by atoms with van der Waals surface area (Å²) in [7, 11) is 0. The number of halogens is 1. The quantitative estimate of drug-likeness (QED) is 0.725. The van der Waals surface area contributed by atoms with Crippen molar-refractivity contribution in [1.82, 2.24) is 9.78 Å². The number of hydrogen-bond acceptors (Lipinski definition) is 2. The molecule has 0 radical (unpaired) electrons. The highest BCUT2D eigenvalue weighted by Gasteiger charge is 2.18. The van der Waals surface area contributed by atoms with E-state index in [4.69, 9.17) is 11.6 Å². The molecule has 1 heterocycles. The second-order valence-electron chi connectivity index (χ2n) is 3.54. The van der Waals surface area contributed by atoms with Gasteiger partial charge in [-0.2, -0.15) is 5.10 Å². The average Bonchev–Trinajstić information content (AvgIpc) is 2.57. The van der Waals surface area contributed by atoms with E-state index in [2.05, 4.69) is 18.9 Å². The molecule has 15 heavy (non-hydrogen) atoms. The van der Waals surface area contributed by atoms with Crippen LogP contribution in [0.3, 0.4) is 0 Å². The summed E-state index contributed by atoms with van der Waals surface area (Å²) in [5.74, 6) is 0. The average molecular weight is 229 g/mol. The fourth-order valence-corrected chi connectivity index (χ4v) is 2.05. The van der Waals surface area contributed by atoms with E-state index in [1.165, 1.54) is 0 Å². The van der Waals surface area contributed by atoms with E-state index in [1.54, 1.807) is 4.68 Å². The Labute approximate surface area is 95.4 Å². The van der Waals surface area contributed by atoms with Gasteiger partial charge in [0.15, 0.2) is 6.29 Å². The zero-order valence-corrected chi connectivity index (χ0v) is 10.2. The number of aromatic nitrogens is 2. The normalized spacial score (nSPS) is 11.0. The van der Waals surface area contributed by atoms with Crippen molar-refractivity contribution in [1.29, 1.82) is 0 Å². The van der Waals surface area contributed by atoms with Crippen LogP contribution in [0.2, 0.25) is 5.15 Å². The first kappa shape index (κ1) is 12.2. The van der Waals surface area contributed by atoms with E-state index in [0.717, 1.165) is 31.2 Å². The van der Waals surface area contributed by atoms with E-state index in [9.17, 15) is 4.79 Å². The lowest BCUT2D eigenvalue weighted by molar-refractivity contribution is 0.112. The van der Waals surface area contributed by atoms with Gasteiger partial charge in [0.2, 0.25) is 0 Å². The lowest BCUT2D eigenvalue weighted by Crippen LogP contribution is -2.09. The van der Waals surface area contributed by atoms with Gasteiger partial charge in [0.05, 0.1) is 17.3 Å². The summed E-state index contributed by atoms with van der Waals surface area (Å²) in [6.45, 7) is 6.17. The molecule has 0 fully saturated rings. The molecule has 1 rings (SSSR count). The van der Waals surface area contributed by atoms with Crippen LogP contribution >= 0.6 is 11.6 Å². The minimum absolute atomic E-state index is 0.288. The maximum absolute atomic E-state index is 10.9. The van der Waals surface area contributed by atoms with Crippen molar-refractivity contribution in [3.05, 3.63) is 16.4 Å². The third-order valence-corrected chi connectivity index (χ3v) is 3.08. The first-order chi connectivity index (χ1) is 7.19. The molecule has 0 aliphatic heterocycles. The van der Waals surface area contributed by atoms with E-state index in [0.29, 0.717) is 10.7 Å². The Bertz CT molecular complexity index is 343. The fraction of sp³-hybridized carbons (Fsp3) is 0.636. The first-order valence-electron chi connectivity index (χ1n) is 5.41. The third kappa shape index (κ3) is 2.23. The standard InChI is InChI=1S/C11H17ClN2O/c1-4-8(5-2)14-11(12)9(7-15)10(6-3)13-14/h7-8H,4-6H2,1-3H3. The number of hydrogen-bond donors (Lipinski definition) is 0. The molecule has 84 valence electrons. The molecular weight excluding hydrogens is 212 g/mol. The minimum Gasteiger partial charge on any atom is -0.298 e. The van der Waals surface area contributed by atoms with Crippen LogP contribution in [0.25, 0.3) is 0 Å². The number of aldehydes is 1. The largest absolute Gasteiger partial charge is 0.298 e. The van der Waals surface area contributed by atoms with Crippen LogP contribution in [0.4, 0.5) is 0 Å². The molecule has 0 spiro atoms. The molecule has 0 aromatic carbocycles. The van der Waals surface area contributed by atoms with Crippen molar-refractivity contribution in [3.8, 4) is 0 Å². The van der Waals surface area contributed by atoms with Gasteiger partial charge < -0.3 is 0 Å². The van der Waals surface area contributed by atoms with E-state index in [1.807, 2.05) is 6.92 Å². The second kappa shape index (κ2) is 5.31. The molecule has 0 unspecified atom stereocenters. The Balaban J connectivity index is 3.19. The van der Waals surface area contributed by atoms with Crippen LogP contribution in [-0.2, 0) is 6.42 Å². The summed E-state index contributed by atoms with van der Waals surface area (Å²) in [5.41, 5.74) is 1.34. The summed E-state index contributed by atoms with van der Waals surface area (Å²) in [5, 5.41) is 4.88. The molecule has 0 aliphatic rings. The Morgan fingerprint density at radius 3 is 2.33 bits per heavy atom. The van der Waals surface area contributed by atoms with Crippen molar-refractivity contribution in [3.63, 3.8) is 0 Å². The van der Waals surface area contributed by atoms with Crippen LogP contribution in [0.5, 0.6) is 0 Å². The van der Waals surface area contributed by atoms with Gasteiger partial charge >= 0.3 is 0 Å². The predicted octanol–water partition coefficient (Wildman–Crippen LogP) is 3.27. The SMILES string of the molecule is CCc1nn(C(CC)CC)c(Cl)c1C=O. The highest BCUT2D eigenvalue weighted by atomic mass is 35.5.